The molecule has 1 aromatic carbocycles. The topological polar surface area (TPSA) is 0 Å². The monoisotopic (exact) mass is 388 g/mol. The molecule has 0 heterocycles. The summed E-state index contributed by atoms with van der Waals surface area (Å²) in [7, 11) is 0. The Morgan fingerprint density at radius 1 is 0.846 bits per heavy atom. The fraction of sp³-hybridized carbons (Fsp3) is 0.500. The molecule has 0 amide bonds. The van der Waals surface area contributed by atoms with Gasteiger partial charge in [0.25, 0.3) is 0 Å². The van der Waals surface area contributed by atoms with Crippen LogP contribution >= 0.6 is 23.5 Å². The Labute approximate surface area is 170 Å². The molecule has 0 radical (unpaired) electrons. The third kappa shape index (κ3) is 11.7. The molecule has 2 heteroatoms. The van der Waals surface area contributed by atoms with Crippen LogP contribution in [0.1, 0.15) is 67.2 Å². The van der Waals surface area contributed by atoms with Crippen molar-refractivity contribution in [2.45, 2.75) is 76.2 Å². The van der Waals surface area contributed by atoms with Crippen molar-refractivity contribution in [2.24, 2.45) is 0 Å². The molecule has 0 saturated heterocycles. The molecule has 144 valence electrons. The van der Waals surface area contributed by atoms with E-state index in [9.17, 15) is 0 Å². The van der Waals surface area contributed by atoms with Gasteiger partial charge in [0.05, 0.1) is 4.08 Å². The van der Waals surface area contributed by atoms with Gasteiger partial charge in [-0.2, -0.15) is 0 Å². The van der Waals surface area contributed by atoms with Gasteiger partial charge in [-0.25, -0.2) is 0 Å². The zero-order chi connectivity index (χ0) is 19.4. The van der Waals surface area contributed by atoms with E-state index in [0.717, 1.165) is 12.2 Å². The molecule has 0 saturated carbocycles. The molecule has 0 aliphatic carbocycles. The van der Waals surface area contributed by atoms with Crippen LogP contribution in [0.25, 0.3) is 0 Å². The second-order valence-corrected chi connectivity index (χ2v) is 11.2. The summed E-state index contributed by atoms with van der Waals surface area (Å²) in [6.07, 6.45) is 11.8. The summed E-state index contributed by atoms with van der Waals surface area (Å²) in [6.45, 7) is 13.5. The lowest BCUT2D eigenvalue weighted by Gasteiger charge is -2.23. The van der Waals surface area contributed by atoms with Crippen LogP contribution in [-0.2, 0) is 0 Å². The summed E-state index contributed by atoms with van der Waals surface area (Å²) in [5.41, 5.74) is 4.44. The van der Waals surface area contributed by atoms with Gasteiger partial charge < -0.3 is 0 Å². The Morgan fingerprint density at radius 3 is 2.04 bits per heavy atom. The summed E-state index contributed by atoms with van der Waals surface area (Å²) >= 11 is 3.97. The number of hydrogen-bond acceptors (Lipinski definition) is 2. The zero-order valence-electron chi connectivity index (χ0n) is 17.5. The zero-order valence-corrected chi connectivity index (χ0v) is 19.1. The van der Waals surface area contributed by atoms with E-state index < -0.39 is 0 Å². The van der Waals surface area contributed by atoms with Gasteiger partial charge in [-0.3, -0.25) is 0 Å². The first-order chi connectivity index (χ1) is 12.3. The van der Waals surface area contributed by atoms with E-state index in [0.29, 0.717) is 0 Å². The minimum atomic E-state index is 0.194. The average Bonchev–Trinajstić information content (AvgIpc) is 2.54. The highest BCUT2D eigenvalue weighted by atomic mass is 32.2. The van der Waals surface area contributed by atoms with Crippen molar-refractivity contribution in [3.8, 4) is 0 Å². The smallest absolute Gasteiger partial charge is 0.0605 e. The number of thioether (sulfide) groups is 2. The first kappa shape index (κ1) is 23.2. The molecule has 0 bridgehead atoms. The third-order valence-corrected chi connectivity index (χ3v) is 6.72. The Kier molecular flexibility index (Phi) is 11.2. The molecule has 1 aromatic rings. The molecular weight excluding hydrogens is 352 g/mol. The van der Waals surface area contributed by atoms with Gasteiger partial charge in [0.15, 0.2) is 0 Å². The highest BCUT2D eigenvalue weighted by Gasteiger charge is 2.19. The second kappa shape index (κ2) is 12.5. The minimum absolute atomic E-state index is 0.194. The predicted molar refractivity (Wildman–Crippen MR) is 124 cm³/mol. The van der Waals surface area contributed by atoms with Crippen LogP contribution in [0.2, 0.25) is 0 Å². The Balaban J connectivity index is 2.31. The lowest BCUT2D eigenvalue weighted by molar-refractivity contribution is 0.917. The van der Waals surface area contributed by atoms with Crippen LogP contribution in [0.4, 0.5) is 0 Å². The quantitative estimate of drug-likeness (QED) is 0.211. The Morgan fingerprint density at radius 2 is 1.42 bits per heavy atom. The molecule has 0 aliphatic heterocycles. The van der Waals surface area contributed by atoms with E-state index in [1.54, 1.807) is 0 Å². The predicted octanol–water partition coefficient (Wildman–Crippen LogP) is 8.67. The minimum Gasteiger partial charge on any atom is -0.140 e. The molecule has 1 rings (SSSR count). The van der Waals surface area contributed by atoms with Crippen LogP contribution in [0.5, 0.6) is 0 Å². The summed E-state index contributed by atoms with van der Waals surface area (Å²) in [6, 6.07) is 10.7. The lowest BCUT2D eigenvalue weighted by Crippen LogP contribution is -2.08. The highest BCUT2D eigenvalue weighted by molar-refractivity contribution is 8.18. The maximum Gasteiger partial charge on any atom is 0.0605 e. The van der Waals surface area contributed by atoms with Crippen LogP contribution in [0, 0.1) is 0 Å². The molecular formula is C24H36S2. The van der Waals surface area contributed by atoms with E-state index in [2.05, 4.69) is 90.1 Å². The van der Waals surface area contributed by atoms with Crippen LogP contribution in [0.15, 0.2) is 70.2 Å². The second-order valence-electron chi connectivity index (χ2n) is 7.59. The van der Waals surface area contributed by atoms with Crippen LogP contribution < -0.4 is 0 Å². The third-order valence-electron chi connectivity index (χ3n) is 4.09. The summed E-state index contributed by atoms with van der Waals surface area (Å²) in [4.78, 5) is 1.35. The van der Waals surface area contributed by atoms with Crippen molar-refractivity contribution in [2.75, 3.05) is 5.75 Å². The largest absolute Gasteiger partial charge is 0.140 e. The van der Waals surface area contributed by atoms with Gasteiger partial charge in [-0.15, -0.1) is 23.5 Å². The van der Waals surface area contributed by atoms with Gasteiger partial charge in [0.1, 0.15) is 0 Å². The molecule has 0 aromatic heterocycles. The maximum atomic E-state index is 2.42. The van der Waals surface area contributed by atoms with Crippen molar-refractivity contribution >= 4 is 23.5 Å². The summed E-state index contributed by atoms with van der Waals surface area (Å²) < 4.78 is 0.194. The Hall–Kier alpha value is -0.860. The van der Waals surface area contributed by atoms with Crippen molar-refractivity contribution in [1.82, 2.24) is 0 Å². The SMILES string of the molecule is CC(C)=CCC/C(C)=C/CC/C(C)=C/CSC(C)(C)Sc1ccccc1. The van der Waals surface area contributed by atoms with Crippen molar-refractivity contribution in [3.63, 3.8) is 0 Å². The van der Waals surface area contributed by atoms with Gasteiger partial charge in [-0.1, -0.05) is 53.1 Å². The molecule has 0 spiro atoms. The Bertz CT molecular complexity index is 602. The molecule has 0 unspecified atom stereocenters. The van der Waals surface area contributed by atoms with Crippen molar-refractivity contribution < 1.29 is 0 Å². The fourth-order valence-electron chi connectivity index (χ4n) is 2.53. The number of benzene rings is 1. The van der Waals surface area contributed by atoms with Crippen LogP contribution in [0.3, 0.4) is 0 Å². The van der Waals surface area contributed by atoms with Gasteiger partial charge in [-0.05, 0) is 79.4 Å². The van der Waals surface area contributed by atoms with Crippen LogP contribution in [-0.4, -0.2) is 9.83 Å². The standard InChI is InChI=1S/C24H36S2/c1-20(2)12-10-13-21(3)14-11-15-22(4)18-19-25-24(5,6)26-23-16-8-7-9-17-23/h7-9,12,14,16-18H,10-11,13,15,19H2,1-6H3/b21-14+,22-18+. The van der Waals surface area contributed by atoms with Crippen molar-refractivity contribution in [3.05, 3.63) is 65.3 Å². The first-order valence-corrected chi connectivity index (χ1v) is 11.4. The molecule has 0 nitrogen and oxygen atoms in total. The molecule has 0 fully saturated rings. The van der Waals surface area contributed by atoms with E-state index in [1.165, 1.54) is 40.9 Å². The number of allylic oxidation sites excluding steroid dienone is 5. The van der Waals surface area contributed by atoms with Gasteiger partial charge >= 0.3 is 0 Å². The summed E-state index contributed by atoms with van der Waals surface area (Å²) in [5.74, 6) is 1.09. The van der Waals surface area contributed by atoms with Crippen molar-refractivity contribution in [1.29, 1.82) is 0 Å². The molecule has 0 atom stereocenters. The number of rotatable bonds is 11. The first-order valence-electron chi connectivity index (χ1n) is 9.61. The molecule has 0 N–H and O–H groups in total. The van der Waals surface area contributed by atoms with E-state index in [1.807, 2.05) is 23.5 Å². The van der Waals surface area contributed by atoms with Gasteiger partial charge in [0.2, 0.25) is 0 Å². The van der Waals surface area contributed by atoms with Gasteiger partial charge in [0, 0.05) is 10.6 Å². The van der Waals surface area contributed by atoms with E-state index in [-0.39, 0.29) is 4.08 Å². The lowest BCUT2D eigenvalue weighted by atomic mass is 10.1. The molecule has 0 aliphatic rings. The van der Waals surface area contributed by atoms with E-state index >= 15 is 0 Å². The molecule has 26 heavy (non-hydrogen) atoms. The fourth-order valence-corrected chi connectivity index (χ4v) is 4.88. The number of hydrogen-bond donors (Lipinski definition) is 0. The normalized spacial score (nSPS) is 13.0. The van der Waals surface area contributed by atoms with E-state index in [4.69, 9.17) is 0 Å². The average molecular weight is 389 g/mol. The maximum absolute atomic E-state index is 2.42. The summed E-state index contributed by atoms with van der Waals surface area (Å²) in [5, 5.41) is 0. The highest BCUT2D eigenvalue weighted by Crippen LogP contribution is 2.41.